The highest BCUT2D eigenvalue weighted by Gasteiger charge is 2.57. The van der Waals surface area contributed by atoms with E-state index in [2.05, 4.69) is 49.4 Å². The summed E-state index contributed by atoms with van der Waals surface area (Å²) >= 11 is 0. The monoisotopic (exact) mass is 690 g/mol. The highest BCUT2D eigenvalue weighted by Crippen LogP contribution is 2.61. The van der Waals surface area contributed by atoms with Gasteiger partial charge in [-0.3, -0.25) is 14.4 Å². The molecule has 5 aliphatic rings. The lowest BCUT2D eigenvalue weighted by Gasteiger charge is -2.62. The lowest BCUT2D eigenvalue weighted by atomic mass is 9.45. The molecule has 2 bridgehead atoms. The number of anilines is 1. The molecule has 2 heterocycles. The molecule has 2 amide bonds. The van der Waals surface area contributed by atoms with Gasteiger partial charge in [0.25, 0.3) is 5.91 Å². The third kappa shape index (κ3) is 6.87. The SMILES string of the molecule is COc1c(CN2O[C@@H](CN)[C@@H]([C@H](C)O)[C@H]2C(=O)N[C@H]2C[C@H]3C[C@@H]([C@@H]2C)C3(C)C)cccc1-c1cc(C(=O)N[C@@H]2CCN(C)C2)cc(N(C)C)c1. The number of carbonyl (C=O) groups is 2. The summed E-state index contributed by atoms with van der Waals surface area (Å²) in [6.45, 7) is 10.9. The van der Waals surface area contributed by atoms with Crippen molar-refractivity contribution in [1.82, 2.24) is 20.6 Å². The van der Waals surface area contributed by atoms with Crippen LogP contribution in [0.5, 0.6) is 5.75 Å². The topological polar surface area (TPSA) is 133 Å². The van der Waals surface area contributed by atoms with Crippen molar-refractivity contribution in [3.8, 4) is 16.9 Å². The number of ether oxygens (including phenoxy) is 1. The number of methoxy groups -OCH3 is 1. The largest absolute Gasteiger partial charge is 0.496 e. The molecule has 2 aromatic carbocycles. The van der Waals surface area contributed by atoms with Crippen LogP contribution >= 0.6 is 0 Å². The van der Waals surface area contributed by atoms with Gasteiger partial charge in [-0.15, -0.1) is 0 Å². The Morgan fingerprint density at radius 1 is 1.18 bits per heavy atom. The summed E-state index contributed by atoms with van der Waals surface area (Å²) < 4.78 is 6.08. The molecule has 2 aromatic rings. The summed E-state index contributed by atoms with van der Waals surface area (Å²) in [7, 11) is 7.62. The Morgan fingerprint density at radius 3 is 2.54 bits per heavy atom. The number of aliphatic hydroxyl groups is 1. The van der Waals surface area contributed by atoms with Crippen LogP contribution in [0.3, 0.4) is 0 Å². The van der Waals surface area contributed by atoms with Gasteiger partial charge in [0.2, 0.25) is 5.91 Å². The fourth-order valence-corrected chi connectivity index (χ4v) is 9.35. The number of amides is 2. The van der Waals surface area contributed by atoms with Crippen molar-refractivity contribution in [2.75, 3.05) is 52.8 Å². The molecule has 0 spiro atoms. The van der Waals surface area contributed by atoms with E-state index in [-0.39, 0.29) is 37.0 Å². The number of nitrogens with zero attached hydrogens (tertiary/aromatic N) is 3. The van der Waals surface area contributed by atoms with Crippen LogP contribution in [0.25, 0.3) is 11.1 Å². The van der Waals surface area contributed by atoms with Crippen LogP contribution in [-0.2, 0) is 16.2 Å². The molecule has 0 unspecified atom stereocenters. The number of nitrogens with two attached hydrogens (primary N) is 1. The Kier molecular flexibility index (Phi) is 10.5. The minimum absolute atomic E-state index is 0.0792. The molecular weight excluding hydrogens is 632 g/mol. The van der Waals surface area contributed by atoms with Crippen molar-refractivity contribution in [3.05, 3.63) is 47.5 Å². The molecule has 11 heteroatoms. The Bertz CT molecular complexity index is 1560. The van der Waals surface area contributed by atoms with Crippen LogP contribution in [-0.4, -0.2) is 105 Å². The van der Waals surface area contributed by atoms with E-state index in [0.29, 0.717) is 34.5 Å². The van der Waals surface area contributed by atoms with Gasteiger partial charge in [-0.1, -0.05) is 39.0 Å². The van der Waals surface area contributed by atoms with E-state index in [9.17, 15) is 14.7 Å². The van der Waals surface area contributed by atoms with Gasteiger partial charge in [-0.05, 0) is 86.7 Å². The zero-order chi connectivity index (χ0) is 36.1. The van der Waals surface area contributed by atoms with E-state index in [1.54, 1.807) is 19.1 Å². The molecule has 3 aliphatic carbocycles. The van der Waals surface area contributed by atoms with Crippen molar-refractivity contribution < 1.29 is 24.3 Å². The lowest BCUT2D eigenvalue weighted by molar-refractivity contribution is -0.175. The quantitative estimate of drug-likeness (QED) is 0.280. The maximum absolute atomic E-state index is 14.2. The Morgan fingerprint density at radius 2 is 1.94 bits per heavy atom. The average Bonchev–Trinajstić information content (AvgIpc) is 3.67. The zero-order valence-corrected chi connectivity index (χ0v) is 31.1. The molecule has 3 saturated carbocycles. The number of para-hydroxylation sites is 1. The van der Waals surface area contributed by atoms with E-state index in [4.69, 9.17) is 15.3 Å². The van der Waals surface area contributed by atoms with Crippen molar-refractivity contribution >= 4 is 17.5 Å². The Hall–Kier alpha value is -3.22. The fraction of sp³-hybridized carbons (Fsp3) is 0.641. The molecule has 2 aliphatic heterocycles. The van der Waals surface area contributed by atoms with Crippen molar-refractivity contribution in [2.24, 2.45) is 34.8 Å². The van der Waals surface area contributed by atoms with Gasteiger partial charge in [0.15, 0.2) is 0 Å². The number of benzene rings is 2. The third-order valence-electron chi connectivity index (χ3n) is 12.5. The Balaban J connectivity index is 1.28. The third-order valence-corrected chi connectivity index (χ3v) is 12.5. The number of aliphatic hydroxyl groups excluding tert-OH is 1. The number of likely N-dealkylation sites (tertiary alicyclic amines) is 1. The van der Waals surface area contributed by atoms with Crippen LogP contribution in [0.2, 0.25) is 0 Å². The highest BCUT2D eigenvalue weighted by molar-refractivity contribution is 5.97. The molecule has 274 valence electrons. The molecule has 9 atom stereocenters. The first-order valence-corrected chi connectivity index (χ1v) is 18.3. The van der Waals surface area contributed by atoms with E-state index in [1.165, 1.54) is 6.42 Å². The van der Waals surface area contributed by atoms with Gasteiger partial charge in [0.1, 0.15) is 11.8 Å². The second-order valence-corrected chi connectivity index (χ2v) is 16.2. The number of carbonyl (C=O) groups excluding carboxylic acids is 2. The normalized spacial score (nSPS) is 31.2. The first-order chi connectivity index (χ1) is 23.7. The van der Waals surface area contributed by atoms with Gasteiger partial charge in [-0.25, -0.2) is 0 Å². The van der Waals surface area contributed by atoms with E-state index in [1.807, 2.05) is 49.3 Å². The van der Waals surface area contributed by atoms with Crippen LogP contribution in [0.4, 0.5) is 5.69 Å². The van der Waals surface area contributed by atoms with Gasteiger partial charge >= 0.3 is 0 Å². The van der Waals surface area contributed by atoms with Crippen molar-refractivity contribution in [2.45, 2.75) is 83.8 Å². The maximum Gasteiger partial charge on any atom is 0.251 e. The molecule has 7 rings (SSSR count). The van der Waals surface area contributed by atoms with Gasteiger partial charge in [-0.2, -0.15) is 5.06 Å². The van der Waals surface area contributed by atoms with Crippen molar-refractivity contribution in [3.63, 3.8) is 0 Å². The molecule has 0 aromatic heterocycles. The summed E-state index contributed by atoms with van der Waals surface area (Å²) in [6.07, 6.45) is 1.78. The van der Waals surface area contributed by atoms with Crippen LogP contribution in [0, 0.1) is 29.1 Å². The molecular formula is C39H58N6O5. The second-order valence-electron chi connectivity index (χ2n) is 16.2. The smallest absolute Gasteiger partial charge is 0.251 e. The first kappa shape index (κ1) is 36.6. The summed E-state index contributed by atoms with van der Waals surface area (Å²) in [6, 6.07) is 11.2. The summed E-state index contributed by atoms with van der Waals surface area (Å²) in [5.41, 5.74) is 10.4. The van der Waals surface area contributed by atoms with Crippen molar-refractivity contribution in [1.29, 1.82) is 0 Å². The average molecular weight is 691 g/mol. The summed E-state index contributed by atoms with van der Waals surface area (Å²) in [5, 5.41) is 19.3. The minimum atomic E-state index is -0.809. The first-order valence-electron chi connectivity index (χ1n) is 18.3. The molecule has 0 radical (unpaired) electrons. The zero-order valence-electron chi connectivity index (χ0n) is 31.1. The maximum atomic E-state index is 14.2. The van der Waals surface area contributed by atoms with Crippen LogP contribution < -0.4 is 26.0 Å². The number of hydrogen-bond donors (Lipinski definition) is 4. The summed E-state index contributed by atoms with van der Waals surface area (Å²) in [5.74, 6) is 1.44. The number of fused-ring (bicyclic) bond motifs is 2. The van der Waals surface area contributed by atoms with Gasteiger partial charge < -0.3 is 36.0 Å². The molecule has 50 heavy (non-hydrogen) atoms. The van der Waals surface area contributed by atoms with Gasteiger partial charge in [0, 0.05) is 67.6 Å². The van der Waals surface area contributed by atoms with E-state index >= 15 is 0 Å². The number of hydrogen-bond acceptors (Lipinski definition) is 9. The number of likely N-dealkylation sites (N-methyl/N-ethyl adjacent to an activating group) is 1. The van der Waals surface area contributed by atoms with E-state index < -0.39 is 24.2 Å². The van der Waals surface area contributed by atoms with E-state index in [0.717, 1.165) is 48.3 Å². The lowest BCUT2D eigenvalue weighted by Crippen LogP contribution is -2.62. The molecule has 5 fully saturated rings. The molecule has 5 N–H and O–H groups in total. The fourth-order valence-electron chi connectivity index (χ4n) is 9.35. The number of nitrogens with one attached hydrogen (secondary N) is 2. The molecule has 2 saturated heterocycles. The highest BCUT2D eigenvalue weighted by atomic mass is 16.7. The van der Waals surface area contributed by atoms with Crippen LogP contribution in [0.15, 0.2) is 36.4 Å². The predicted octanol–water partition coefficient (Wildman–Crippen LogP) is 3.49. The predicted molar refractivity (Wildman–Crippen MR) is 196 cm³/mol. The second kappa shape index (κ2) is 14.4. The number of hydroxylamine groups is 2. The standard InChI is InChI=1S/C39H58N6O5/c1-22-31-17-27(39(31,3)4)18-32(22)42-38(48)35-34(23(2)46)33(19-40)50-45(35)20-24-10-9-11-30(36(24)49-8)25-14-26(16-29(15-25)43(5)6)37(47)41-28-12-13-44(7)21-28/h9-11,14-16,22-23,27-28,31-35,46H,12-13,17-21,40H2,1-8H3,(H,41,47)(H,42,48)/t22-,23-,27+,28+,31-,32-,33-,34+,35-/m0/s1. The minimum Gasteiger partial charge on any atom is -0.496 e. The Labute approximate surface area is 297 Å². The van der Waals surface area contributed by atoms with Gasteiger partial charge in [0.05, 0.1) is 25.9 Å². The molecule has 11 nitrogen and oxygen atoms in total. The van der Waals surface area contributed by atoms with Crippen LogP contribution in [0.1, 0.15) is 62.9 Å². The number of rotatable bonds is 11. The summed E-state index contributed by atoms with van der Waals surface area (Å²) in [4.78, 5) is 38.3.